The molecule has 570 valence electrons. The van der Waals surface area contributed by atoms with Crippen LogP contribution in [0.1, 0.15) is 6.85 Å². The minimum Gasteiger partial charge on any atom is -0.292 e. The Morgan fingerprint density at radius 3 is 0.902 bits per heavy atom. The Kier molecular flexibility index (Phi) is 14.7. The first-order valence-electron chi connectivity index (χ1n) is 43.9. The summed E-state index contributed by atoms with van der Waals surface area (Å²) in [6, 6.07) is 134. The molecule has 3 aromatic heterocycles. The first-order chi connectivity index (χ1) is 63.1. The van der Waals surface area contributed by atoms with Gasteiger partial charge in [0.05, 0.1) is 74.1 Å². The van der Waals surface area contributed by atoms with Crippen molar-refractivity contribution in [2.24, 2.45) is 0 Å². The number of aromatic nitrogens is 6. The van der Waals surface area contributed by atoms with Crippen LogP contribution in [0.4, 0.5) is 51.6 Å². The molecule has 9 heteroatoms. The molecule has 3 aliphatic heterocycles. The number of benzene rings is 21. The minimum absolute atomic E-state index is 0.0163. The molecule has 0 bridgehead atoms. The molecule has 3 aliphatic rings. The lowest BCUT2D eigenvalue weighted by Gasteiger charge is -2.34. The van der Waals surface area contributed by atoms with Gasteiger partial charge in [-0.1, -0.05) is 340 Å². The quantitative estimate of drug-likeness (QED) is 0.151. The van der Waals surface area contributed by atoms with Crippen LogP contribution in [0.15, 0.2) is 418 Å². The molecule has 24 aromatic rings. The Bertz CT molecular complexity index is 8880. The summed E-state index contributed by atoms with van der Waals surface area (Å²) in [5, 5.41) is 21.2. The monoisotopic (exact) mass is 1570 g/mol. The molecule has 21 aromatic carbocycles. The van der Waals surface area contributed by atoms with Crippen LogP contribution in [0.5, 0.6) is 0 Å². The van der Waals surface area contributed by atoms with E-state index in [1.54, 1.807) is 0 Å². The molecule has 0 spiro atoms. The molecule has 27 rings (SSSR count). The van der Waals surface area contributed by atoms with E-state index in [1.165, 1.54) is 86.9 Å². The molecule has 9 nitrogen and oxygen atoms in total. The molecule has 0 atom stereocenters. The van der Waals surface area contributed by atoms with Crippen LogP contribution in [-0.2, 0) is 0 Å². The number of hydrogen-bond donors (Lipinski definition) is 0. The van der Waals surface area contributed by atoms with Gasteiger partial charge in [0.25, 0.3) is 0 Å². The van der Waals surface area contributed by atoms with Gasteiger partial charge in [0.15, 0.2) is 17.5 Å². The second kappa shape index (κ2) is 28.0. The Hall–Kier alpha value is -16.6. The fourth-order valence-electron chi connectivity index (χ4n) is 19.4. The van der Waals surface area contributed by atoms with E-state index >= 15 is 0 Å². The van der Waals surface area contributed by atoms with E-state index in [-0.39, 0.29) is 23.3 Å². The third-order valence-corrected chi connectivity index (χ3v) is 24.7. The topological polar surface area (TPSA) is 87.1 Å². The Balaban J connectivity index is 0.000000104. The summed E-state index contributed by atoms with van der Waals surface area (Å²) in [5.41, 5.74) is 22.1. The SMILES string of the molecule is [2H]c1c([2H])c([2H])c(-c2nc3ccccc3nc2N2c3ccc4ccccc4c3-c3cccc4cccc2c34)c([2H])c1[2H].c1ccc2c(-c3nc4ccccc4nc3N3c4ccc5ccccc5c4-c4cccc5cccc3c45)cccc2c1.c1ccc2c3c(ccc2c1)N(c1nc2ccccc2nc1-c1cc2ccccc2c2ccccc12)c1cccc2cccc-3c12. The molecular formula is C114H69N9. The van der Waals surface area contributed by atoms with Gasteiger partial charge in [0.2, 0.25) is 0 Å². The Morgan fingerprint density at radius 2 is 0.480 bits per heavy atom. The van der Waals surface area contributed by atoms with Crippen LogP contribution in [-0.4, -0.2) is 29.9 Å². The fourth-order valence-corrected chi connectivity index (χ4v) is 19.4. The average molecular weight is 1570 g/mol. The van der Waals surface area contributed by atoms with E-state index in [4.69, 9.17) is 36.8 Å². The van der Waals surface area contributed by atoms with Gasteiger partial charge in [0.1, 0.15) is 17.1 Å². The van der Waals surface area contributed by atoms with Crippen molar-refractivity contribution in [1.29, 1.82) is 0 Å². The zero-order chi connectivity index (χ0) is 85.1. The molecule has 0 saturated carbocycles. The fraction of sp³-hybridized carbons (Fsp3) is 0. The van der Waals surface area contributed by atoms with Crippen molar-refractivity contribution in [2.75, 3.05) is 14.7 Å². The summed E-state index contributed by atoms with van der Waals surface area (Å²) in [6.07, 6.45) is 0. The lowest BCUT2D eigenvalue weighted by Crippen LogP contribution is -2.18. The van der Waals surface area contributed by atoms with Crippen molar-refractivity contribution in [1.82, 2.24) is 29.9 Å². The van der Waals surface area contributed by atoms with Gasteiger partial charge in [-0.05, 0) is 176 Å². The summed E-state index contributed by atoms with van der Waals surface area (Å²) in [6.45, 7) is 0. The van der Waals surface area contributed by atoms with Crippen LogP contribution in [0, 0.1) is 0 Å². The average Bonchev–Trinajstić information content (AvgIpc) is 0.715. The first kappa shape index (κ1) is 64.5. The molecule has 0 saturated heterocycles. The van der Waals surface area contributed by atoms with E-state index < -0.39 is 18.1 Å². The second-order valence-electron chi connectivity index (χ2n) is 31.5. The highest BCUT2D eigenvalue weighted by molar-refractivity contribution is 6.24. The Labute approximate surface area is 714 Å². The summed E-state index contributed by atoms with van der Waals surface area (Å²) >= 11 is 0. The van der Waals surface area contributed by atoms with Crippen LogP contribution < -0.4 is 14.7 Å². The molecule has 0 radical (unpaired) electrons. The summed E-state index contributed by atoms with van der Waals surface area (Å²) in [4.78, 5) is 38.4. The lowest BCUT2D eigenvalue weighted by atomic mass is 9.87. The number of rotatable bonds is 6. The zero-order valence-corrected chi connectivity index (χ0v) is 66.0. The maximum atomic E-state index is 8.82. The molecular weight excluding hydrogens is 1500 g/mol. The smallest absolute Gasteiger partial charge is 0.165 e. The normalized spacial score (nSPS) is 12.9. The van der Waals surface area contributed by atoms with Gasteiger partial charge in [-0.3, -0.25) is 14.7 Å². The highest BCUT2D eigenvalue weighted by atomic mass is 15.2. The first-order valence-corrected chi connectivity index (χ1v) is 41.4. The Morgan fingerprint density at radius 1 is 0.187 bits per heavy atom. The number of nitrogens with zero attached hydrogens (tertiary/aromatic N) is 9. The molecule has 0 aliphatic carbocycles. The van der Waals surface area contributed by atoms with Gasteiger partial charge < -0.3 is 0 Å². The van der Waals surface area contributed by atoms with E-state index in [1.807, 2.05) is 77.7 Å². The van der Waals surface area contributed by atoms with Crippen LogP contribution in [0.25, 0.3) is 197 Å². The van der Waals surface area contributed by atoms with Gasteiger partial charge in [-0.15, -0.1) is 0 Å². The van der Waals surface area contributed by atoms with Crippen molar-refractivity contribution >= 4 is 182 Å². The largest absolute Gasteiger partial charge is 0.292 e. The maximum absolute atomic E-state index is 8.82. The lowest BCUT2D eigenvalue weighted by molar-refractivity contribution is 1.18. The van der Waals surface area contributed by atoms with E-state index in [0.29, 0.717) is 16.9 Å². The predicted octanol–water partition coefficient (Wildman–Crippen LogP) is 30.6. The van der Waals surface area contributed by atoms with Crippen LogP contribution in [0.2, 0.25) is 0 Å². The number of hydrogen-bond acceptors (Lipinski definition) is 9. The number of fused-ring (bicyclic) bond motifs is 19. The van der Waals surface area contributed by atoms with Crippen molar-refractivity contribution in [3.63, 3.8) is 0 Å². The van der Waals surface area contributed by atoms with E-state index in [2.05, 4.69) is 325 Å². The third kappa shape index (κ3) is 11.0. The molecule has 0 unspecified atom stereocenters. The summed E-state index contributed by atoms with van der Waals surface area (Å²) in [5.74, 6) is 2.05. The van der Waals surface area contributed by atoms with Crippen molar-refractivity contribution in [3.05, 3.63) is 418 Å². The molecule has 123 heavy (non-hydrogen) atoms. The highest BCUT2D eigenvalue weighted by Crippen LogP contribution is 2.59. The maximum Gasteiger partial charge on any atom is 0.165 e. The molecule has 0 fully saturated rings. The zero-order valence-electron chi connectivity index (χ0n) is 71.0. The van der Waals surface area contributed by atoms with Gasteiger partial charge in [0, 0.05) is 49.5 Å². The third-order valence-electron chi connectivity index (χ3n) is 24.7. The van der Waals surface area contributed by atoms with Crippen molar-refractivity contribution in [2.45, 2.75) is 0 Å². The predicted molar refractivity (Wildman–Crippen MR) is 514 cm³/mol. The van der Waals surface area contributed by atoms with Crippen LogP contribution >= 0.6 is 0 Å². The summed E-state index contributed by atoms with van der Waals surface area (Å²) in [7, 11) is 0. The molecule has 6 heterocycles. The van der Waals surface area contributed by atoms with Crippen molar-refractivity contribution in [3.8, 4) is 67.2 Å². The van der Waals surface area contributed by atoms with Gasteiger partial charge >= 0.3 is 0 Å². The van der Waals surface area contributed by atoms with Gasteiger partial charge in [-0.2, -0.15) is 0 Å². The van der Waals surface area contributed by atoms with E-state index in [0.717, 1.165) is 134 Å². The van der Waals surface area contributed by atoms with Crippen LogP contribution in [0.3, 0.4) is 0 Å². The number of para-hydroxylation sites is 6. The molecule has 0 N–H and O–H groups in total. The highest BCUT2D eigenvalue weighted by Gasteiger charge is 2.36. The van der Waals surface area contributed by atoms with Gasteiger partial charge in [-0.25, -0.2) is 29.9 Å². The second-order valence-corrected chi connectivity index (χ2v) is 31.5. The molecule has 0 amide bonds. The standard InChI is InChI=1S/C42H25N3.C38H23N3.C34H21N3/c1-4-16-30-26(11-1)23-24-38-40(30)33-19-9-13-27-14-10-22-37(39(27)33)45(38)42-41(43-35-20-7-8-21-36(35)44-42)34-25-28-12-2-3-15-29(28)31-17-5-6-18-32(31)34;1-3-15-27-24(10-1)12-7-17-29(27)37-38(40-32-20-6-5-19-31(32)39-37)41-33-21-9-14-26-13-8-18-30(35(26)33)36-28-16-4-2-11-25(28)22-23-34(36)41;1-2-11-24(12-3-1)33-34(36-28-18-7-6-17-27(28)35-33)37-29-19-9-14-23-13-8-16-26(31(23)29)32-25-15-5-4-10-22(25)20-21-30(32)37/h1-25H;1-23H;1-21H/i;;1D,2D,3D,11D,12D. The minimum atomic E-state index is -0.447. The summed E-state index contributed by atoms with van der Waals surface area (Å²) < 4.78 is 42.6. The number of anilines is 9. The van der Waals surface area contributed by atoms with E-state index in [9.17, 15) is 0 Å². The van der Waals surface area contributed by atoms with Crippen molar-refractivity contribution < 1.29 is 6.85 Å².